The molecule has 3 heterocycles. The second kappa shape index (κ2) is 11.4. The topological polar surface area (TPSA) is 137 Å². The Hall–Kier alpha value is -2.90. The average molecular weight is 538 g/mol. The molecule has 0 unspecified atom stereocenters. The quantitative estimate of drug-likeness (QED) is 0.340. The lowest BCUT2D eigenvalue weighted by molar-refractivity contribution is 0.481. The van der Waals surface area contributed by atoms with Crippen molar-refractivity contribution in [2.45, 2.75) is 42.1 Å². The molecule has 0 spiro atoms. The van der Waals surface area contributed by atoms with E-state index in [1.165, 1.54) is 36.8 Å². The monoisotopic (exact) mass is 537 g/mol. The number of benzene rings is 2. The van der Waals surface area contributed by atoms with Crippen molar-refractivity contribution in [1.29, 1.82) is 0 Å². The van der Waals surface area contributed by atoms with Crippen molar-refractivity contribution in [2.24, 2.45) is 0 Å². The number of aromatic nitrogens is 1. The molecule has 194 valence electrons. The third-order valence-electron chi connectivity index (χ3n) is 5.74. The Bertz CT molecular complexity index is 1290. The van der Waals surface area contributed by atoms with Crippen LogP contribution < -0.4 is 10.2 Å². The average Bonchev–Trinajstić information content (AvgIpc) is 3.44. The number of aryl methyl sites for hydroxylation is 2. The van der Waals surface area contributed by atoms with Crippen LogP contribution in [0.25, 0.3) is 0 Å². The highest BCUT2D eigenvalue weighted by atomic mass is 32.2. The van der Waals surface area contributed by atoms with E-state index in [4.69, 9.17) is 9.11 Å². The number of rotatable bonds is 3. The van der Waals surface area contributed by atoms with Gasteiger partial charge in [-0.3, -0.25) is 9.11 Å². The van der Waals surface area contributed by atoms with E-state index < -0.39 is 26.2 Å². The molecule has 2 saturated heterocycles. The normalized spacial score (nSPS) is 18.6. The minimum absolute atomic E-state index is 0.0666. The van der Waals surface area contributed by atoms with Crippen LogP contribution in [0.2, 0.25) is 0 Å². The summed E-state index contributed by atoms with van der Waals surface area (Å²) in [6.07, 6.45) is 2.83. The van der Waals surface area contributed by atoms with E-state index in [0.29, 0.717) is 12.1 Å². The van der Waals surface area contributed by atoms with Crippen LogP contribution in [-0.2, 0) is 20.2 Å². The van der Waals surface area contributed by atoms with E-state index >= 15 is 0 Å². The van der Waals surface area contributed by atoms with Crippen LogP contribution in [0.3, 0.4) is 0 Å². The molecule has 0 amide bonds. The molecule has 9 nitrogen and oxygen atoms in total. The third-order valence-corrected chi connectivity index (χ3v) is 7.47. The van der Waals surface area contributed by atoms with Crippen molar-refractivity contribution >= 4 is 25.9 Å². The Morgan fingerprint density at radius 2 is 1.36 bits per heavy atom. The van der Waals surface area contributed by atoms with Gasteiger partial charge in [-0.2, -0.15) is 21.2 Å². The van der Waals surface area contributed by atoms with Crippen LogP contribution >= 0.6 is 0 Å². The first-order valence-corrected chi connectivity index (χ1v) is 13.9. The Labute approximate surface area is 210 Å². The van der Waals surface area contributed by atoms with Gasteiger partial charge in [-0.05, 0) is 56.7 Å². The molecular formula is C24H28FN3O6S2. The van der Waals surface area contributed by atoms with Crippen molar-refractivity contribution in [3.05, 3.63) is 83.9 Å². The standard InChI is InChI=1S/C10H12FN3.2C7H8O3S/c11-10-2-1-8(4-13-10)14-6-7-3-9(14)5-12-7;2*1-6-2-4-7(5-3-6)11(8,9)10/h1-2,4,7,9,12H,3,5-6H2;2*2-5H,1H3,(H,8,9,10)/t7-,9-;;/m0../s1. The van der Waals surface area contributed by atoms with Gasteiger partial charge in [-0.1, -0.05) is 35.4 Å². The van der Waals surface area contributed by atoms with E-state index in [0.717, 1.165) is 29.9 Å². The highest BCUT2D eigenvalue weighted by molar-refractivity contribution is 7.86. The lowest BCUT2D eigenvalue weighted by Gasteiger charge is -2.29. The molecule has 2 bridgehead atoms. The number of fused-ring (bicyclic) bond motifs is 2. The Morgan fingerprint density at radius 3 is 1.69 bits per heavy atom. The Kier molecular flexibility index (Phi) is 8.80. The van der Waals surface area contributed by atoms with Gasteiger partial charge < -0.3 is 10.2 Å². The lowest BCUT2D eigenvalue weighted by atomic mass is 10.2. The van der Waals surface area contributed by atoms with Gasteiger partial charge in [0.2, 0.25) is 5.95 Å². The summed E-state index contributed by atoms with van der Waals surface area (Å²) in [6, 6.07) is 16.4. The zero-order valence-corrected chi connectivity index (χ0v) is 21.4. The molecule has 36 heavy (non-hydrogen) atoms. The maximum Gasteiger partial charge on any atom is 0.294 e. The minimum Gasteiger partial charge on any atom is -0.364 e. The SMILES string of the molecule is Cc1ccc(S(=O)(=O)O)cc1.Cc1ccc(S(=O)(=O)O)cc1.Fc1ccc(N2C[C@@H]3C[C@H]2CN3)cn1. The maximum atomic E-state index is 12.6. The van der Waals surface area contributed by atoms with Crippen molar-refractivity contribution in [3.63, 3.8) is 0 Å². The zero-order valence-electron chi connectivity index (χ0n) is 19.7. The maximum absolute atomic E-state index is 12.6. The highest BCUT2D eigenvalue weighted by Gasteiger charge is 2.37. The Morgan fingerprint density at radius 1 is 0.861 bits per heavy atom. The molecule has 2 aliphatic rings. The van der Waals surface area contributed by atoms with Gasteiger partial charge in [-0.25, -0.2) is 4.98 Å². The van der Waals surface area contributed by atoms with Crippen molar-refractivity contribution in [1.82, 2.24) is 10.3 Å². The van der Waals surface area contributed by atoms with Crippen LogP contribution in [0.1, 0.15) is 17.5 Å². The van der Waals surface area contributed by atoms with E-state index in [1.807, 2.05) is 19.9 Å². The van der Waals surface area contributed by atoms with Crippen LogP contribution in [0.5, 0.6) is 0 Å². The zero-order chi connectivity index (χ0) is 26.5. The lowest BCUT2D eigenvalue weighted by Crippen LogP contribution is -2.43. The molecule has 12 heteroatoms. The summed E-state index contributed by atoms with van der Waals surface area (Å²) >= 11 is 0. The number of anilines is 1. The molecule has 0 saturated carbocycles. The summed E-state index contributed by atoms with van der Waals surface area (Å²) in [6.45, 7) is 5.75. The number of halogens is 1. The van der Waals surface area contributed by atoms with Gasteiger partial charge in [0.15, 0.2) is 0 Å². The van der Waals surface area contributed by atoms with Gasteiger partial charge in [0.25, 0.3) is 20.2 Å². The number of hydrogen-bond acceptors (Lipinski definition) is 7. The van der Waals surface area contributed by atoms with Gasteiger partial charge in [0, 0.05) is 25.2 Å². The molecule has 3 aromatic rings. The molecule has 0 radical (unpaired) electrons. The fourth-order valence-electron chi connectivity index (χ4n) is 3.84. The molecule has 2 aliphatic heterocycles. The first-order chi connectivity index (χ1) is 16.8. The number of nitrogens with one attached hydrogen (secondary N) is 1. The molecule has 3 N–H and O–H groups in total. The summed E-state index contributed by atoms with van der Waals surface area (Å²) in [5.74, 6) is -0.406. The third kappa shape index (κ3) is 7.80. The fourth-order valence-corrected chi connectivity index (χ4v) is 4.80. The number of hydrogen-bond donors (Lipinski definition) is 3. The van der Waals surface area contributed by atoms with Gasteiger partial charge in [0.1, 0.15) is 0 Å². The van der Waals surface area contributed by atoms with Gasteiger partial charge in [0.05, 0.1) is 21.7 Å². The first-order valence-electron chi connectivity index (χ1n) is 11.0. The molecule has 2 fully saturated rings. The second-order valence-electron chi connectivity index (χ2n) is 8.56. The van der Waals surface area contributed by atoms with Crippen molar-refractivity contribution in [3.8, 4) is 0 Å². The molecule has 5 rings (SSSR count). The summed E-state index contributed by atoms with van der Waals surface area (Å²) < 4.78 is 71.7. The number of pyridine rings is 1. The van der Waals surface area contributed by atoms with Crippen LogP contribution in [-0.4, -0.2) is 56.1 Å². The van der Waals surface area contributed by atoms with E-state index in [-0.39, 0.29) is 9.79 Å². The second-order valence-corrected chi connectivity index (χ2v) is 11.4. The largest absolute Gasteiger partial charge is 0.364 e. The molecule has 2 aromatic carbocycles. The fraction of sp³-hybridized carbons (Fsp3) is 0.292. The summed E-state index contributed by atoms with van der Waals surface area (Å²) in [5, 5.41) is 3.43. The minimum atomic E-state index is -4.02. The predicted molar refractivity (Wildman–Crippen MR) is 134 cm³/mol. The highest BCUT2D eigenvalue weighted by Crippen LogP contribution is 2.28. The molecule has 1 aromatic heterocycles. The number of nitrogens with zero attached hydrogens (tertiary/aromatic N) is 2. The molecule has 2 atom stereocenters. The number of piperazine rings is 1. The van der Waals surface area contributed by atoms with Crippen LogP contribution in [0.4, 0.5) is 10.1 Å². The van der Waals surface area contributed by atoms with Crippen molar-refractivity contribution < 1.29 is 30.3 Å². The first kappa shape index (κ1) is 27.7. The smallest absolute Gasteiger partial charge is 0.294 e. The van der Waals surface area contributed by atoms with Gasteiger partial charge in [-0.15, -0.1) is 0 Å². The Balaban J connectivity index is 0.000000153. The van der Waals surface area contributed by atoms with Gasteiger partial charge >= 0.3 is 0 Å². The van der Waals surface area contributed by atoms with E-state index in [2.05, 4.69) is 15.2 Å². The predicted octanol–water partition coefficient (Wildman–Crippen LogP) is 3.25. The summed E-state index contributed by atoms with van der Waals surface area (Å²) in [7, 11) is -8.04. The molecular weight excluding hydrogens is 509 g/mol. The van der Waals surface area contributed by atoms with Crippen molar-refractivity contribution in [2.75, 3.05) is 18.0 Å². The molecule has 0 aliphatic carbocycles. The van der Waals surface area contributed by atoms with E-state index in [9.17, 15) is 21.2 Å². The van der Waals surface area contributed by atoms with Crippen LogP contribution in [0, 0.1) is 19.8 Å². The van der Waals surface area contributed by atoms with E-state index in [1.54, 1.807) is 30.5 Å². The van der Waals surface area contributed by atoms with Crippen LogP contribution in [0.15, 0.2) is 76.7 Å². The summed E-state index contributed by atoms with van der Waals surface area (Å²) in [5.41, 5.74) is 2.95. The summed E-state index contributed by atoms with van der Waals surface area (Å²) in [4.78, 5) is 5.86.